The minimum atomic E-state index is 0.115. The molecule has 2 rings (SSSR count). The zero-order valence-corrected chi connectivity index (χ0v) is 11.0. The van der Waals surface area contributed by atoms with E-state index in [0.29, 0.717) is 0 Å². The van der Waals surface area contributed by atoms with E-state index >= 15 is 0 Å². The molecule has 1 fully saturated rings. The summed E-state index contributed by atoms with van der Waals surface area (Å²) < 4.78 is 2.02. The Morgan fingerprint density at radius 2 is 2.00 bits per heavy atom. The maximum atomic E-state index is 6.11. The summed E-state index contributed by atoms with van der Waals surface area (Å²) in [5.41, 5.74) is 8.90. The third-order valence-corrected chi connectivity index (χ3v) is 3.82. The second kappa shape index (κ2) is 3.33. The molecule has 0 saturated heterocycles. The highest BCUT2D eigenvalue weighted by Gasteiger charge is 2.49. The Kier molecular flexibility index (Phi) is 2.42. The van der Waals surface area contributed by atoms with E-state index in [-0.39, 0.29) is 16.9 Å². The number of nitrogens with two attached hydrogens (primary N) is 1. The summed E-state index contributed by atoms with van der Waals surface area (Å²) in [5.74, 6) is 0. The topological polar surface area (TPSA) is 43.8 Å². The summed E-state index contributed by atoms with van der Waals surface area (Å²) in [4.78, 5) is 0. The lowest BCUT2D eigenvalue weighted by molar-refractivity contribution is 0.505. The highest BCUT2D eigenvalue weighted by molar-refractivity contribution is 5.31. The van der Waals surface area contributed by atoms with Crippen LogP contribution in [0.3, 0.4) is 0 Å². The number of nitrogens with zero attached hydrogens (tertiary/aromatic N) is 2. The molecular formula is C13H23N3. The number of hydrogen-bond donors (Lipinski definition) is 1. The van der Waals surface area contributed by atoms with E-state index in [2.05, 4.69) is 38.9 Å². The van der Waals surface area contributed by atoms with Gasteiger partial charge in [-0.1, -0.05) is 20.8 Å². The van der Waals surface area contributed by atoms with Gasteiger partial charge >= 0.3 is 0 Å². The van der Waals surface area contributed by atoms with Crippen LogP contribution in [0.5, 0.6) is 0 Å². The molecule has 0 aromatic carbocycles. The Balaban J connectivity index is 2.41. The molecule has 1 aliphatic carbocycles. The van der Waals surface area contributed by atoms with Crippen LogP contribution in [0.2, 0.25) is 0 Å². The summed E-state index contributed by atoms with van der Waals surface area (Å²) >= 11 is 0. The van der Waals surface area contributed by atoms with Crippen molar-refractivity contribution >= 4 is 0 Å². The molecule has 1 unspecified atom stereocenters. The molecule has 2 N–H and O–H groups in total. The largest absolute Gasteiger partial charge is 0.327 e. The third kappa shape index (κ3) is 1.67. The predicted molar refractivity (Wildman–Crippen MR) is 66.5 cm³/mol. The van der Waals surface area contributed by atoms with E-state index < -0.39 is 0 Å². The van der Waals surface area contributed by atoms with E-state index in [1.165, 1.54) is 18.5 Å². The first-order chi connectivity index (χ1) is 7.27. The minimum Gasteiger partial charge on any atom is -0.327 e. The SMILES string of the molecule is CC(N)C1(c2cc(C(C)(C)C)nn2C)CC1. The van der Waals surface area contributed by atoms with E-state index in [1.807, 2.05) is 11.7 Å². The van der Waals surface area contributed by atoms with E-state index in [0.717, 1.165) is 5.69 Å². The van der Waals surface area contributed by atoms with Crippen molar-refractivity contribution in [1.82, 2.24) is 9.78 Å². The van der Waals surface area contributed by atoms with Crippen LogP contribution in [0.4, 0.5) is 0 Å². The van der Waals surface area contributed by atoms with Gasteiger partial charge in [0.05, 0.1) is 5.69 Å². The van der Waals surface area contributed by atoms with Gasteiger partial charge < -0.3 is 5.73 Å². The third-order valence-electron chi connectivity index (χ3n) is 3.82. The van der Waals surface area contributed by atoms with E-state index in [9.17, 15) is 0 Å². The maximum absolute atomic E-state index is 6.11. The molecule has 0 aliphatic heterocycles. The summed E-state index contributed by atoms with van der Waals surface area (Å²) in [6.07, 6.45) is 2.40. The molecule has 1 heterocycles. The molecule has 90 valence electrons. The summed E-state index contributed by atoms with van der Waals surface area (Å²) in [6.45, 7) is 8.70. The first-order valence-electron chi connectivity index (χ1n) is 6.08. The summed E-state index contributed by atoms with van der Waals surface area (Å²) in [6, 6.07) is 2.46. The number of rotatable bonds is 2. The van der Waals surface area contributed by atoms with Crippen LogP contribution in [-0.2, 0) is 17.9 Å². The molecule has 1 aromatic heterocycles. The lowest BCUT2D eigenvalue weighted by Crippen LogP contribution is -2.33. The highest BCUT2D eigenvalue weighted by Crippen LogP contribution is 2.50. The van der Waals surface area contributed by atoms with Crippen molar-refractivity contribution in [2.24, 2.45) is 12.8 Å². The van der Waals surface area contributed by atoms with Gasteiger partial charge in [0.25, 0.3) is 0 Å². The number of aryl methyl sites for hydroxylation is 1. The van der Waals surface area contributed by atoms with Gasteiger partial charge in [-0.15, -0.1) is 0 Å². The van der Waals surface area contributed by atoms with Gasteiger partial charge in [0.2, 0.25) is 0 Å². The molecule has 16 heavy (non-hydrogen) atoms. The first-order valence-corrected chi connectivity index (χ1v) is 6.08. The van der Waals surface area contributed by atoms with Crippen LogP contribution >= 0.6 is 0 Å². The van der Waals surface area contributed by atoms with Gasteiger partial charge in [-0.05, 0) is 25.8 Å². The summed E-state index contributed by atoms with van der Waals surface area (Å²) in [5, 5.41) is 4.63. The van der Waals surface area contributed by atoms with Crippen LogP contribution in [0, 0.1) is 0 Å². The van der Waals surface area contributed by atoms with Crippen molar-refractivity contribution in [3.8, 4) is 0 Å². The van der Waals surface area contributed by atoms with Gasteiger partial charge in [-0.2, -0.15) is 5.10 Å². The van der Waals surface area contributed by atoms with Gasteiger partial charge in [-0.3, -0.25) is 4.68 Å². The predicted octanol–water partition coefficient (Wildman–Crippen LogP) is 2.10. The Hall–Kier alpha value is -0.830. The van der Waals surface area contributed by atoms with Gasteiger partial charge in [0.15, 0.2) is 0 Å². The molecule has 0 spiro atoms. The number of hydrogen-bond acceptors (Lipinski definition) is 2. The maximum Gasteiger partial charge on any atom is 0.0680 e. The van der Waals surface area contributed by atoms with E-state index in [4.69, 9.17) is 5.73 Å². The average molecular weight is 221 g/mol. The Labute approximate surface area is 98.0 Å². The Morgan fingerprint density at radius 3 is 2.31 bits per heavy atom. The van der Waals surface area contributed by atoms with Crippen LogP contribution in [0.15, 0.2) is 6.07 Å². The zero-order valence-electron chi connectivity index (χ0n) is 11.0. The standard InChI is InChI=1S/C13H23N3/c1-9(14)13(6-7-13)11-8-10(12(2,3)4)15-16(11)5/h8-9H,6-7,14H2,1-5H3. The molecule has 1 aromatic rings. The Bertz CT molecular complexity index is 392. The molecular weight excluding hydrogens is 198 g/mol. The zero-order chi connectivity index (χ0) is 12.1. The number of aromatic nitrogens is 2. The van der Waals surface area contributed by atoms with Crippen LogP contribution < -0.4 is 5.73 Å². The molecule has 3 nitrogen and oxygen atoms in total. The first kappa shape index (κ1) is 11.6. The normalized spacial score (nSPS) is 20.9. The lowest BCUT2D eigenvalue weighted by Gasteiger charge is -2.19. The van der Waals surface area contributed by atoms with Crippen molar-refractivity contribution < 1.29 is 0 Å². The van der Waals surface area contributed by atoms with Crippen LogP contribution in [0.25, 0.3) is 0 Å². The van der Waals surface area contributed by atoms with Gasteiger partial charge in [0, 0.05) is 29.6 Å². The van der Waals surface area contributed by atoms with Crippen molar-refractivity contribution in [3.63, 3.8) is 0 Å². The van der Waals surface area contributed by atoms with E-state index in [1.54, 1.807) is 0 Å². The van der Waals surface area contributed by atoms with Crippen LogP contribution in [0.1, 0.15) is 51.9 Å². The fourth-order valence-electron chi connectivity index (χ4n) is 2.38. The second-order valence-corrected chi connectivity index (χ2v) is 6.23. The second-order valence-electron chi connectivity index (χ2n) is 6.23. The molecule has 0 bridgehead atoms. The van der Waals surface area contributed by atoms with Crippen molar-refractivity contribution in [1.29, 1.82) is 0 Å². The van der Waals surface area contributed by atoms with Crippen molar-refractivity contribution in [3.05, 3.63) is 17.5 Å². The molecule has 0 radical (unpaired) electrons. The molecule has 1 atom stereocenters. The highest BCUT2D eigenvalue weighted by atomic mass is 15.3. The van der Waals surface area contributed by atoms with Crippen molar-refractivity contribution in [2.45, 2.75) is 57.4 Å². The average Bonchev–Trinajstić information content (AvgIpc) is 2.84. The van der Waals surface area contributed by atoms with Gasteiger partial charge in [0.1, 0.15) is 0 Å². The molecule has 1 saturated carbocycles. The molecule has 0 amide bonds. The molecule has 3 heteroatoms. The smallest absolute Gasteiger partial charge is 0.0680 e. The van der Waals surface area contributed by atoms with Crippen LogP contribution in [-0.4, -0.2) is 15.8 Å². The monoisotopic (exact) mass is 221 g/mol. The minimum absolute atomic E-state index is 0.115. The van der Waals surface area contributed by atoms with Crippen molar-refractivity contribution in [2.75, 3.05) is 0 Å². The fraction of sp³-hybridized carbons (Fsp3) is 0.769. The Morgan fingerprint density at radius 1 is 1.44 bits per heavy atom. The van der Waals surface area contributed by atoms with Gasteiger partial charge in [-0.25, -0.2) is 0 Å². The lowest BCUT2D eigenvalue weighted by atomic mass is 9.89. The molecule has 1 aliphatic rings. The fourth-order valence-corrected chi connectivity index (χ4v) is 2.38. The quantitative estimate of drug-likeness (QED) is 0.831. The summed E-state index contributed by atoms with van der Waals surface area (Å²) in [7, 11) is 2.03.